The van der Waals surface area contributed by atoms with Gasteiger partial charge in [-0.05, 0) is 50.3 Å². The summed E-state index contributed by atoms with van der Waals surface area (Å²) < 4.78 is 0. The molecule has 0 saturated heterocycles. The molecule has 0 saturated carbocycles. The van der Waals surface area contributed by atoms with E-state index in [4.69, 9.17) is 0 Å². The average molecular weight is 595 g/mol. The van der Waals surface area contributed by atoms with E-state index in [9.17, 15) is 19.2 Å². The largest absolute Gasteiger partial charge is 0.353 e. The van der Waals surface area contributed by atoms with E-state index in [1.807, 2.05) is 19.9 Å². The monoisotopic (exact) mass is 594 g/mol. The van der Waals surface area contributed by atoms with Gasteiger partial charge in [0, 0.05) is 36.0 Å². The van der Waals surface area contributed by atoms with Crippen molar-refractivity contribution in [3.8, 4) is 0 Å². The molecule has 10 heteroatoms. The van der Waals surface area contributed by atoms with Gasteiger partial charge in [0.15, 0.2) is 0 Å². The number of hydrogen-bond donors (Lipinski definition) is 4. The standard InChI is InChI=1S/C30H50N4O4S2/c1-8-22(4)27(33-28(37)25(31-7)16-21(2)3)29(38)32-13-15-40-19-24-11-9-10-23(17-24)18-39-14-12-26(36)34-30(5,6)20-35/h9-11,17,20-22,25,27,31H,8,12-16,18-19H2,1-7H3,(H,32,38)(H,33,37)(H,34,36)/t22-,25-,27-/m0/s1. The van der Waals surface area contributed by atoms with Crippen molar-refractivity contribution in [1.29, 1.82) is 0 Å². The minimum atomic E-state index is -0.828. The topological polar surface area (TPSA) is 116 Å². The van der Waals surface area contributed by atoms with Gasteiger partial charge < -0.3 is 26.1 Å². The first-order valence-electron chi connectivity index (χ1n) is 14.2. The van der Waals surface area contributed by atoms with Gasteiger partial charge in [-0.2, -0.15) is 23.5 Å². The third-order valence-electron chi connectivity index (χ3n) is 6.47. The van der Waals surface area contributed by atoms with Gasteiger partial charge in [-0.25, -0.2) is 0 Å². The fourth-order valence-electron chi connectivity index (χ4n) is 3.94. The predicted octanol–water partition coefficient (Wildman–Crippen LogP) is 3.92. The molecule has 1 aromatic carbocycles. The van der Waals surface area contributed by atoms with Crippen LogP contribution in [0.2, 0.25) is 0 Å². The summed E-state index contributed by atoms with van der Waals surface area (Å²) in [4.78, 5) is 48.7. The summed E-state index contributed by atoms with van der Waals surface area (Å²) >= 11 is 3.44. The highest BCUT2D eigenvalue weighted by molar-refractivity contribution is 7.98. The van der Waals surface area contributed by atoms with E-state index in [1.54, 1.807) is 44.4 Å². The highest BCUT2D eigenvalue weighted by Gasteiger charge is 2.28. The van der Waals surface area contributed by atoms with Crippen LogP contribution >= 0.6 is 23.5 Å². The summed E-state index contributed by atoms with van der Waals surface area (Å²) in [5.74, 6) is 3.13. The lowest BCUT2D eigenvalue weighted by molar-refractivity contribution is -0.131. The van der Waals surface area contributed by atoms with E-state index in [1.165, 1.54) is 11.1 Å². The Balaban J connectivity index is 2.44. The van der Waals surface area contributed by atoms with Gasteiger partial charge in [-0.3, -0.25) is 14.4 Å². The van der Waals surface area contributed by atoms with Crippen LogP contribution in [0.25, 0.3) is 0 Å². The molecular weight excluding hydrogens is 544 g/mol. The molecule has 4 N–H and O–H groups in total. The zero-order valence-corrected chi connectivity index (χ0v) is 26.9. The Hall–Kier alpha value is -2.04. The maximum atomic E-state index is 12.9. The predicted molar refractivity (Wildman–Crippen MR) is 168 cm³/mol. The number of carbonyl (C=O) groups excluding carboxylic acids is 4. The SMILES string of the molecule is CC[C@H](C)[C@H](NC(=O)[C@H](CC(C)C)NC)C(=O)NCCSCc1cccc(CSCCC(=O)NC(C)(C)C=O)c1. The zero-order valence-electron chi connectivity index (χ0n) is 25.3. The molecule has 226 valence electrons. The lowest BCUT2D eigenvalue weighted by Crippen LogP contribution is -2.55. The van der Waals surface area contributed by atoms with Crippen molar-refractivity contribution in [2.45, 2.75) is 89.9 Å². The van der Waals surface area contributed by atoms with Crippen molar-refractivity contribution in [2.75, 3.05) is 25.1 Å². The van der Waals surface area contributed by atoms with E-state index >= 15 is 0 Å². The molecule has 3 amide bonds. The van der Waals surface area contributed by atoms with Crippen LogP contribution in [0.5, 0.6) is 0 Å². The second-order valence-electron chi connectivity index (χ2n) is 11.2. The van der Waals surface area contributed by atoms with Crippen molar-refractivity contribution >= 4 is 47.5 Å². The van der Waals surface area contributed by atoms with E-state index in [-0.39, 0.29) is 29.7 Å². The van der Waals surface area contributed by atoms with Gasteiger partial charge in [0.05, 0.1) is 11.6 Å². The number of likely N-dealkylation sites (N-methyl/N-ethyl adjacent to an activating group) is 1. The lowest BCUT2D eigenvalue weighted by atomic mass is 9.97. The first kappa shape index (κ1) is 36.0. The quantitative estimate of drug-likeness (QED) is 0.134. The highest BCUT2D eigenvalue weighted by atomic mass is 32.2. The van der Waals surface area contributed by atoms with Crippen molar-refractivity contribution in [2.24, 2.45) is 11.8 Å². The molecule has 40 heavy (non-hydrogen) atoms. The Morgan fingerprint density at radius 3 is 2.17 bits per heavy atom. The third kappa shape index (κ3) is 14.6. The molecule has 0 unspecified atom stereocenters. The average Bonchev–Trinajstić information content (AvgIpc) is 2.91. The number of nitrogens with one attached hydrogen (secondary N) is 4. The molecule has 1 rings (SSSR count). The molecule has 0 aliphatic rings. The van der Waals surface area contributed by atoms with Crippen LogP contribution in [0.15, 0.2) is 24.3 Å². The van der Waals surface area contributed by atoms with E-state index in [0.717, 1.165) is 30.0 Å². The Morgan fingerprint density at radius 2 is 1.62 bits per heavy atom. The molecule has 0 heterocycles. The fourth-order valence-corrected chi connectivity index (χ4v) is 5.64. The van der Waals surface area contributed by atoms with E-state index < -0.39 is 11.6 Å². The van der Waals surface area contributed by atoms with E-state index in [2.05, 4.69) is 53.3 Å². The Morgan fingerprint density at radius 1 is 1.00 bits per heavy atom. The first-order chi connectivity index (χ1) is 18.9. The van der Waals surface area contributed by atoms with Crippen LogP contribution in [0, 0.1) is 11.8 Å². The Bertz CT molecular complexity index is 942. The lowest BCUT2D eigenvalue weighted by Gasteiger charge is -2.26. The van der Waals surface area contributed by atoms with Gasteiger partial charge in [0.1, 0.15) is 12.3 Å². The summed E-state index contributed by atoms with van der Waals surface area (Å²) in [6.45, 7) is 12.1. The van der Waals surface area contributed by atoms with Gasteiger partial charge >= 0.3 is 0 Å². The molecule has 8 nitrogen and oxygen atoms in total. The van der Waals surface area contributed by atoms with Crippen molar-refractivity contribution in [1.82, 2.24) is 21.3 Å². The molecular formula is C30H50N4O4S2. The van der Waals surface area contributed by atoms with Crippen molar-refractivity contribution in [3.05, 3.63) is 35.4 Å². The third-order valence-corrected chi connectivity index (χ3v) is 8.53. The maximum Gasteiger partial charge on any atom is 0.242 e. The van der Waals surface area contributed by atoms with Gasteiger partial charge in [-0.1, -0.05) is 58.4 Å². The molecule has 0 aliphatic carbocycles. The number of carbonyl (C=O) groups is 4. The normalized spacial score (nSPS) is 13.8. The molecule has 1 aromatic rings. The highest BCUT2D eigenvalue weighted by Crippen LogP contribution is 2.18. The van der Waals surface area contributed by atoms with E-state index in [0.29, 0.717) is 31.1 Å². The number of thioether (sulfide) groups is 2. The smallest absolute Gasteiger partial charge is 0.242 e. The molecule has 0 bridgehead atoms. The summed E-state index contributed by atoms with van der Waals surface area (Å²) in [6, 6.07) is 7.53. The van der Waals surface area contributed by atoms with Crippen LogP contribution in [0.1, 0.15) is 71.9 Å². The molecule has 3 atom stereocenters. The number of amides is 3. The number of rotatable bonds is 20. The second-order valence-corrected chi connectivity index (χ2v) is 13.4. The van der Waals surface area contributed by atoms with Gasteiger partial charge in [0.2, 0.25) is 17.7 Å². The number of benzene rings is 1. The minimum absolute atomic E-state index is 0.0336. The van der Waals surface area contributed by atoms with Crippen LogP contribution in [-0.4, -0.2) is 66.7 Å². The van der Waals surface area contributed by atoms with Crippen molar-refractivity contribution in [3.63, 3.8) is 0 Å². The maximum absolute atomic E-state index is 12.9. The summed E-state index contributed by atoms with van der Waals surface area (Å²) in [7, 11) is 1.77. The summed E-state index contributed by atoms with van der Waals surface area (Å²) in [5.41, 5.74) is 1.59. The molecule has 0 radical (unpaired) electrons. The second kappa shape index (κ2) is 19.1. The van der Waals surface area contributed by atoms with Crippen LogP contribution in [-0.2, 0) is 30.7 Å². The number of hydrogen-bond acceptors (Lipinski definition) is 7. The minimum Gasteiger partial charge on any atom is -0.353 e. The van der Waals surface area contributed by atoms with Crippen molar-refractivity contribution < 1.29 is 19.2 Å². The fraction of sp³-hybridized carbons (Fsp3) is 0.667. The zero-order chi connectivity index (χ0) is 30.1. The molecule has 0 fully saturated rings. The summed E-state index contributed by atoms with van der Waals surface area (Å²) in [6.07, 6.45) is 2.63. The molecule has 0 aliphatic heterocycles. The number of aldehydes is 1. The Labute approximate surface area is 249 Å². The summed E-state index contributed by atoms with van der Waals surface area (Å²) in [5, 5.41) is 11.8. The Kier molecular flexibility index (Phi) is 17.2. The van der Waals surface area contributed by atoms with Crippen LogP contribution < -0.4 is 21.3 Å². The molecule has 0 aromatic heterocycles. The molecule has 0 spiro atoms. The first-order valence-corrected chi connectivity index (χ1v) is 16.5. The van der Waals surface area contributed by atoms with Gasteiger partial charge in [0.25, 0.3) is 0 Å². The van der Waals surface area contributed by atoms with Crippen LogP contribution in [0.4, 0.5) is 0 Å². The van der Waals surface area contributed by atoms with Gasteiger partial charge in [-0.15, -0.1) is 0 Å². The van der Waals surface area contributed by atoms with Crippen LogP contribution in [0.3, 0.4) is 0 Å².